The molecule has 138 valence electrons. The number of hydrogen-bond acceptors (Lipinski definition) is 5. The van der Waals surface area contributed by atoms with Crippen LogP contribution in [0.4, 0.5) is 5.69 Å². The first kappa shape index (κ1) is 19.7. The van der Waals surface area contributed by atoms with Gasteiger partial charge in [-0.1, -0.05) is 0 Å². The third kappa shape index (κ3) is 5.42. The predicted molar refractivity (Wildman–Crippen MR) is 103 cm³/mol. The number of amides is 1. The van der Waals surface area contributed by atoms with Crippen LogP contribution in [0.1, 0.15) is 29.9 Å². The number of sulfonamides is 1. The quantitative estimate of drug-likeness (QED) is 0.710. The zero-order chi connectivity index (χ0) is 18.6. The second-order valence-corrected chi connectivity index (χ2v) is 9.19. The number of rotatable bonds is 8. The number of carbonyl (C=O) groups excluding carboxylic acids is 1. The summed E-state index contributed by atoms with van der Waals surface area (Å²) in [5.41, 5.74) is 0.575. The van der Waals surface area contributed by atoms with E-state index < -0.39 is 10.0 Å². The molecular weight excluding hydrogens is 360 g/mol. The molecule has 1 heterocycles. The van der Waals surface area contributed by atoms with Crippen molar-refractivity contribution < 1.29 is 17.9 Å². The van der Waals surface area contributed by atoms with Crippen LogP contribution in [0.25, 0.3) is 10.1 Å². The average molecular weight is 385 g/mol. The summed E-state index contributed by atoms with van der Waals surface area (Å²) in [6.07, 6.45) is 2.11. The molecule has 1 N–H and O–H groups in total. The monoisotopic (exact) mass is 384 g/mol. The molecule has 2 rings (SSSR count). The maximum Gasteiger partial charge on any atom is 0.261 e. The van der Waals surface area contributed by atoms with E-state index in [2.05, 4.69) is 5.32 Å². The van der Waals surface area contributed by atoms with Crippen LogP contribution in [-0.4, -0.2) is 46.9 Å². The van der Waals surface area contributed by atoms with Gasteiger partial charge in [-0.2, -0.15) is 0 Å². The fraction of sp³-hybridized carbons (Fsp3) is 0.471. The fourth-order valence-corrected chi connectivity index (χ4v) is 3.67. The second kappa shape index (κ2) is 8.16. The minimum absolute atomic E-state index is 0.122. The first-order valence-electron chi connectivity index (χ1n) is 8.06. The Morgan fingerprint density at radius 3 is 2.68 bits per heavy atom. The van der Waals surface area contributed by atoms with Crippen molar-refractivity contribution in [3.8, 4) is 0 Å². The van der Waals surface area contributed by atoms with Crippen LogP contribution in [0.2, 0.25) is 0 Å². The molecule has 0 spiro atoms. The molecule has 1 aromatic carbocycles. The summed E-state index contributed by atoms with van der Waals surface area (Å²) in [7, 11) is -1.80. The normalized spacial score (nSPS) is 11.9. The number of thiophene rings is 1. The maximum absolute atomic E-state index is 12.2. The number of fused-ring (bicyclic) bond motifs is 1. The van der Waals surface area contributed by atoms with Crippen molar-refractivity contribution in [2.24, 2.45) is 0 Å². The Kier molecular flexibility index (Phi) is 6.42. The summed E-state index contributed by atoms with van der Waals surface area (Å²) >= 11 is 1.39. The zero-order valence-corrected chi connectivity index (χ0v) is 16.5. The number of benzene rings is 1. The largest absolute Gasteiger partial charge is 0.379 e. The van der Waals surface area contributed by atoms with E-state index in [9.17, 15) is 13.2 Å². The molecule has 0 saturated heterocycles. The number of nitrogens with one attached hydrogen (secondary N) is 1. The predicted octanol–water partition coefficient (Wildman–Crippen LogP) is 2.84. The standard InChI is InChI=1S/C17H24N2O4S2/c1-12(2)23-9-5-8-18-17(20)16-11-13-10-14(6-7-15(13)24-16)19(3)25(4,21)22/h6-7,10-12H,5,8-9H2,1-4H3,(H,18,20). The number of ether oxygens (including phenoxy) is 1. The van der Waals surface area contributed by atoms with Gasteiger partial charge in [-0.05, 0) is 49.9 Å². The Morgan fingerprint density at radius 1 is 1.32 bits per heavy atom. The Hall–Kier alpha value is -1.64. The smallest absolute Gasteiger partial charge is 0.261 e. The molecule has 0 aliphatic heterocycles. The third-order valence-corrected chi connectivity index (χ3v) is 5.96. The molecule has 1 amide bonds. The molecule has 25 heavy (non-hydrogen) atoms. The second-order valence-electron chi connectivity index (χ2n) is 6.09. The van der Waals surface area contributed by atoms with Crippen LogP contribution in [0.5, 0.6) is 0 Å². The highest BCUT2D eigenvalue weighted by atomic mass is 32.2. The molecular formula is C17H24N2O4S2. The molecule has 2 aromatic rings. The van der Waals surface area contributed by atoms with Gasteiger partial charge in [0, 0.05) is 24.9 Å². The van der Waals surface area contributed by atoms with Gasteiger partial charge in [0.15, 0.2) is 0 Å². The van der Waals surface area contributed by atoms with Gasteiger partial charge in [-0.3, -0.25) is 9.10 Å². The SMILES string of the molecule is CC(C)OCCCNC(=O)c1cc2cc(N(C)S(C)(=O)=O)ccc2s1. The third-order valence-electron chi connectivity index (χ3n) is 3.64. The van der Waals surface area contributed by atoms with E-state index in [0.29, 0.717) is 23.7 Å². The van der Waals surface area contributed by atoms with Crippen molar-refractivity contribution >= 4 is 43.0 Å². The lowest BCUT2D eigenvalue weighted by Gasteiger charge is -2.16. The lowest BCUT2D eigenvalue weighted by molar-refractivity contribution is 0.0757. The van der Waals surface area contributed by atoms with Gasteiger partial charge in [0.1, 0.15) is 0 Å². The highest BCUT2D eigenvalue weighted by Crippen LogP contribution is 2.29. The highest BCUT2D eigenvalue weighted by molar-refractivity contribution is 7.92. The number of nitrogens with zero attached hydrogens (tertiary/aromatic N) is 1. The summed E-state index contributed by atoms with van der Waals surface area (Å²) in [5, 5.41) is 3.73. The lowest BCUT2D eigenvalue weighted by atomic mass is 10.2. The molecule has 6 nitrogen and oxygen atoms in total. The van der Waals surface area contributed by atoms with Crippen LogP contribution < -0.4 is 9.62 Å². The van der Waals surface area contributed by atoms with Crippen LogP contribution in [-0.2, 0) is 14.8 Å². The van der Waals surface area contributed by atoms with Crippen molar-refractivity contribution in [1.82, 2.24) is 5.32 Å². The molecule has 0 saturated carbocycles. The van der Waals surface area contributed by atoms with Gasteiger partial charge in [-0.15, -0.1) is 11.3 Å². The molecule has 0 unspecified atom stereocenters. The molecule has 0 fully saturated rings. The van der Waals surface area contributed by atoms with E-state index in [1.807, 2.05) is 19.9 Å². The van der Waals surface area contributed by atoms with Gasteiger partial charge in [-0.25, -0.2) is 8.42 Å². The van der Waals surface area contributed by atoms with Crippen LogP contribution in [0.3, 0.4) is 0 Å². The molecule has 0 aliphatic carbocycles. The fourth-order valence-electron chi connectivity index (χ4n) is 2.21. The zero-order valence-electron chi connectivity index (χ0n) is 14.9. The van der Waals surface area contributed by atoms with Gasteiger partial charge < -0.3 is 10.1 Å². The topological polar surface area (TPSA) is 75.7 Å². The van der Waals surface area contributed by atoms with Crippen LogP contribution >= 0.6 is 11.3 Å². The summed E-state index contributed by atoms with van der Waals surface area (Å²) in [6.45, 7) is 5.13. The molecule has 0 radical (unpaired) electrons. The van der Waals surface area contributed by atoms with E-state index in [-0.39, 0.29) is 12.0 Å². The van der Waals surface area contributed by atoms with E-state index in [4.69, 9.17) is 4.74 Å². The first-order chi connectivity index (χ1) is 11.7. The minimum Gasteiger partial charge on any atom is -0.379 e. The van der Waals surface area contributed by atoms with Crippen molar-refractivity contribution in [3.63, 3.8) is 0 Å². The Morgan fingerprint density at radius 2 is 2.04 bits per heavy atom. The molecule has 0 aliphatic rings. The van der Waals surface area contributed by atoms with E-state index in [1.54, 1.807) is 18.2 Å². The molecule has 0 bridgehead atoms. The van der Waals surface area contributed by atoms with Gasteiger partial charge in [0.2, 0.25) is 10.0 Å². The van der Waals surface area contributed by atoms with Gasteiger partial charge in [0.25, 0.3) is 5.91 Å². The van der Waals surface area contributed by atoms with E-state index in [1.165, 1.54) is 22.7 Å². The lowest BCUT2D eigenvalue weighted by Crippen LogP contribution is -2.24. The number of anilines is 1. The molecule has 0 atom stereocenters. The summed E-state index contributed by atoms with van der Waals surface area (Å²) in [6, 6.07) is 7.15. The Labute approximate surface area is 152 Å². The molecule has 1 aromatic heterocycles. The van der Waals surface area contributed by atoms with E-state index in [0.717, 1.165) is 22.8 Å². The van der Waals surface area contributed by atoms with Crippen LogP contribution in [0.15, 0.2) is 24.3 Å². The average Bonchev–Trinajstić information content (AvgIpc) is 2.95. The van der Waals surface area contributed by atoms with Gasteiger partial charge in [0.05, 0.1) is 22.9 Å². The van der Waals surface area contributed by atoms with Crippen LogP contribution in [0, 0.1) is 0 Å². The number of hydrogen-bond donors (Lipinski definition) is 1. The Bertz CT molecular complexity index is 843. The first-order valence-corrected chi connectivity index (χ1v) is 10.7. The summed E-state index contributed by atoms with van der Waals surface area (Å²) < 4.78 is 30.9. The highest BCUT2D eigenvalue weighted by Gasteiger charge is 2.14. The van der Waals surface area contributed by atoms with Crippen molar-refractivity contribution in [1.29, 1.82) is 0 Å². The summed E-state index contributed by atoms with van der Waals surface area (Å²) in [4.78, 5) is 12.9. The maximum atomic E-state index is 12.2. The van der Waals surface area contributed by atoms with Crippen molar-refractivity contribution in [2.75, 3.05) is 30.8 Å². The van der Waals surface area contributed by atoms with Crippen molar-refractivity contribution in [2.45, 2.75) is 26.4 Å². The van der Waals surface area contributed by atoms with Gasteiger partial charge >= 0.3 is 0 Å². The molecule has 8 heteroatoms. The Balaban J connectivity index is 2.04. The van der Waals surface area contributed by atoms with Crippen molar-refractivity contribution in [3.05, 3.63) is 29.1 Å². The summed E-state index contributed by atoms with van der Waals surface area (Å²) in [5.74, 6) is -0.122. The van der Waals surface area contributed by atoms with E-state index >= 15 is 0 Å². The minimum atomic E-state index is -3.31. The number of carbonyl (C=O) groups is 1.